The average Bonchev–Trinajstić information content (AvgIpc) is 3.23. The van der Waals surface area contributed by atoms with Gasteiger partial charge in [0.1, 0.15) is 0 Å². The molecule has 0 radical (unpaired) electrons. The normalized spacial score (nSPS) is 14.5. The Morgan fingerprint density at radius 2 is 1.65 bits per heavy atom. The van der Waals surface area contributed by atoms with Gasteiger partial charge in [-0.15, -0.1) is 0 Å². The number of nitrogens with zero attached hydrogens (tertiary/aromatic N) is 5. The highest BCUT2D eigenvalue weighted by molar-refractivity contribution is 5.95. The number of rotatable bonds is 3. The van der Waals surface area contributed by atoms with Gasteiger partial charge in [-0.1, -0.05) is 6.07 Å². The lowest BCUT2D eigenvalue weighted by molar-refractivity contribution is 0.0746. The molecular formula is C20H21N5O. The van der Waals surface area contributed by atoms with Crippen LogP contribution in [0, 0.1) is 6.92 Å². The van der Waals surface area contributed by atoms with Crippen molar-refractivity contribution < 1.29 is 4.79 Å². The van der Waals surface area contributed by atoms with Crippen LogP contribution in [0.1, 0.15) is 15.9 Å². The van der Waals surface area contributed by atoms with Gasteiger partial charge in [0.2, 0.25) is 5.95 Å². The topological polar surface area (TPSA) is 54.3 Å². The smallest absolute Gasteiger partial charge is 0.254 e. The van der Waals surface area contributed by atoms with Crippen molar-refractivity contribution >= 4 is 11.9 Å². The van der Waals surface area contributed by atoms with Gasteiger partial charge in [-0.3, -0.25) is 4.79 Å². The molecule has 4 rings (SSSR count). The summed E-state index contributed by atoms with van der Waals surface area (Å²) in [6, 6.07) is 11.7. The minimum atomic E-state index is 0.0760. The van der Waals surface area contributed by atoms with Crippen molar-refractivity contribution in [3.63, 3.8) is 0 Å². The Morgan fingerprint density at radius 1 is 0.962 bits per heavy atom. The third-order valence-electron chi connectivity index (χ3n) is 4.74. The molecule has 26 heavy (non-hydrogen) atoms. The van der Waals surface area contributed by atoms with Gasteiger partial charge in [0, 0.05) is 62.2 Å². The van der Waals surface area contributed by atoms with Crippen LogP contribution in [0.5, 0.6) is 0 Å². The van der Waals surface area contributed by atoms with Crippen molar-refractivity contribution in [1.82, 2.24) is 19.4 Å². The first-order valence-corrected chi connectivity index (χ1v) is 8.77. The number of aryl methyl sites for hydroxylation is 1. The monoisotopic (exact) mass is 347 g/mol. The summed E-state index contributed by atoms with van der Waals surface area (Å²) < 4.78 is 2.04. The maximum absolute atomic E-state index is 12.9. The van der Waals surface area contributed by atoms with E-state index in [4.69, 9.17) is 0 Å². The summed E-state index contributed by atoms with van der Waals surface area (Å²) in [4.78, 5) is 25.5. The van der Waals surface area contributed by atoms with Gasteiger partial charge < -0.3 is 14.4 Å². The Balaban J connectivity index is 1.48. The predicted molar refractivity (Wildman–Crippen MR) is 101 cm³/mol. The van der Waals surface area contributed by atoms with E-state index in [0.717, 1.165) is 35.9 Å². The quantitative estimate of drug-likeness (QED) is 0.731. The van der Waals surface area contributed by atoms with E-state index in [-0.39, 0.29) is 5.91 Å². The van der Waals surface area contributed by atoms with Crippen LogP contribution >= 0.6 is 0 Å². The number of amides is 1. The van der Waals surface area contributed by atoms with Gasteiger partial charge in [0.25, 0.3) is 5.91 Å². The van der Waals surface area contributed by atoms with E-state index in [1.807, 2.05) is 58.3 Å². The van der Waals surface area contributed by atoms with Crippen LogP contribution in [0.15, 0.2) is 61.2 Å². The minimum absolute atomic E-state index is 0.0760. The first kappa shape index (κ1) is 16.3. The molecule has 1 aliphatic heterocycles. The van der Waals surface area contributed by atoms with Crippen LogP contribution in [0.3, 0.4) is 0 Å². The van der Waals surface area contributed by atoms with E-state index in [1.54, 1.807) is 12.4 Å². The second-order valence-electron chi connectivity index (χ2n) is 6.42. The molecule has 1 aromatic carbocycles. The molecule has 0 saturated carbocycles. The van der Waals surface area contributed by atoms with E-state index in [9.17, 15) is 4.79 Å². The molecule has 0 bridgehead atoms. The zero-order valence-corrected chi connectivity index (χ0v) is 14.7. The molecule has 0 spiro atoms. The molecule has 0 N–H and O–H groups in total. The second-order valence-corrected chi connectivity index (χ2v) is 6.42. The molecule has 2 aromatic heterocycles. The maximum atomic E-state index is 12.9. The molecule has 3 aromatic rings. The summed E-state index contributed by atoms with van der Waals surface area (Å²) in [7, 11) is 0. The lowest BCUT2D eigenvalue weighted by Gasteiger charge is -2.34. The van der Waals surface area contributed by atoms with Crippen LogP contribution in [0.4, 0.5) is 5.95 Å². The zero-order valence-electron chi connectivity index (χ0n) is 14.7. The number of hydrogen-bond acceptors (Lipinski definition) is 4. The van der Waals surface area contributed by atoms with E-state index < -0.39 is 0 Å². The predicted octanol–water partition coefficient (Wildman–Crippen LogP) is 2.54. The molecular weight excluding hydrogens is 326 g/mol. The molecule has 1 fully saturated rings. The molecule has 0 aliphatic carbocycles. The molecule has 3 heterocycles. The summed E-state index contributed by atoms with van der Waals surface area (Å²) in [5.41, 5.74) is 2.91. The summed E-state index contributed by atoms with van der Waals surface area (Å²) in [6.07, 6.45) is 7.48. The zero-order chi connectivity index (χ0) is 17.9. The van der Waals surface area contributed by atoms with Crippen molar-refractivity contribution in [2.45, 2.75) is 6.92 Å². The molecule has 0 atom stereocenters. The molecule has 0 unspecified atom stereocenters. The van der Waals surface area contributed by atoms with E-state index in [2.05, 4.69) is 21.8 Å². The third kappa shape index (κ3) is 3.18. The van der Waals surface area contributed by atoms with Gasteiger partial charge in [-0.2, -0.15) is 0 Å². The Kier molecular flexibility index (Phi) is 4.39. The molecule has 1 saturated heterocycles. The molecule has 1 aliphatic rings. The number of carbonyl (C=O) groups is 1. The molecule has 132 valence electrons. The van der Waals surface area contributed by atoms with Gasteiger partial charge in [-0.05, 0) is 42.8 Å². The average molecular weight is 347 g/mol. The van der Waals surface area contributed by atoms with Gasteiger partial charge in [-0.25, -0.2) is 9.97 Å². The van der Waals surface area contributed by atoms with E-state index in [1.165, 1.54) is 0 Å². The number of anilines is 1. The fourth-order valence-corrected chi connectivity index (χ4v) is 3.26. The largest absolute Gasteiger partial charge is 0.337 e. The Labute approximate surface area is 152 Å². The summed E-state index contributed by atoms with van der Waals surface area (Å²) in [5, 5.41) is 0. The van der Waals surface area contributed by atoms with Crippen molar-refractivity contribution in [1.29, 1.82) is 0 Å². The number of piperazine rings is 1. The first-order chi connectivity index (χ1) is 12.7. The molecule has 6 nitrogen and oxygen atoms in total. The van der Waals surface area contributed by atoms with E-state index in [0.29, 0.717) is 13.1 Å². The van der Waals surface area contributed by atoms with Crippen LogP contribution < -0.4 is 4.90 Å². The van der Waals surface area contributed by atoms with Crippen molar-refractivity contribution in [2.24, 2.45) is 0 Å². The number of aromatic nitrogens is 3. The first-order valence-electron chi connectivity index (χ1n) is 8.77. The summed E-state index contributed by atoms with van der Waals surface area (Å²) in [5.74, 6) is 0.803. The third-order valence-corrected chi connectivity index (χ3v) is 4.74. The Hall–Kier alpha value is -3.15. The molecule has 6 heteroatoms. The van der Waals surface area contributed by atoms with Crippen LogP contribution in [-0.2, 0) is 0 Å². The summed E-state index contributed by atoms with van der Waals surface area (Å²) >= 11 is 0. The van der Waals surface area contributed by atoms with Crippen molar-refractivity contribution in [2.75, 3.05) is 31.1 Å². The van der Waals surface area contributed by atoms with Crippen LogP contribution in [0.2, 0.25) is 0 Å². The van der Waals surface area contributed by atoms with Gasteiger partial charge in [0.15, 0.2) is 0 Å². The van der Waals surface area contributed by atoms with Crippen molar-refractivity contribution in [3.05, 3.63) is 72.3 Å². The second kappa shape index (κ2) is 7.00. The highest BCUT2D eigenvalue weighted by Gasteiger charge is 2.23. The fraction of sp³-hybridized carbons (Fsp3) is 0.250. The highest BCUT2D eigenvalue weighted by Crippen LogP contribution is 2.19. The SMILES string of the molecule is Cc1ccc(C(=O)N2CCN(c3ncccn3)CC2)cc1-n1cccc1. The Bertz CT molecular complexity index is 884. The lowest BCUT2D eigenvalue weighted by atomic mass is 10.1. The standard InChI is InChI=1S/C20H21N5O/c1-16-5-6-17(15-18(16)23-9-2-3-10-23)19(26)24-11-13-25(14-12-24)20-21-7-4-8-22-20/h2-10,15H,11-14H2,1H3. The number of carbonyl (C=O) groups excluding carboxylic acids is 1. The van der Waals surface area contributed by atoms with Crippen LogP contribution in [0.25, 0.3) is 5.69 Å². The van der Waals surface area contributed by atoms with Crippen LogP contribution in [-0.4, -0.2) is 51.5 Å². The van der Waals surface area contributed by atoms with Gasteiger partial charge >= 0.3 is 0 Å². The lowest BCUT2D eigenvalue weighted by Crippen LogP contribution is -2.49. The highest BCUT2D eigenvalue weighted by atomic mass is 16.2. The van der Waals surface area contributed by atoms with E-state index >= 15 is 0 Å². The van der Waals surface area contributed by atoms with Gasteiger partial charge in [0.05, 0.1) is 0 Å². The fourth-order valence-electron chi connectivity index (χ4n) is 3.26. The summed E-state index contributed by atoms with van der Waals surface area (Å²) in [6.45, 7) is 4.88. The van der Waals surface area contributed by atoms with Crippen molar-refractivity contribution in [3.8, 4) is 5.69 Å². The Morgan fingerprint density at radius 3 is 2.35 bits per heavy atom. The maximum Gasteiger partial charge on any atom is 0.254 e. The minimum Gasteiger partial charge on any atom is -0.337 e. The molecule has 1 amide bonds. The number of benzene rings is 1. The number of hydrogen-bond donors (Lipinski definition) is 0.